The number of imidazole rings is 1. The van der Waals surface area contributed by atoms with E-state index >= 15 is 0 Å². The summed E-state index contributed by atoms with van der Waals surface area (Å²) in [5.74, 6) is 0.00936. The SMILES string of the molecule is CCCCc1nc(Cl)c(COC(=O)[C@H](CCCC(=O)O)NC)n1Cc1ccc(-c2ccccc2-c2nn[nH]n2)cc1. The Hall–Kier alpha value is -4.09. The van der Waals surface area contributed by atoms with E-state index in [2.05, 4.69) is 50.0 Å². The molecular formula is C29H34ClN7O4. The first-order valence-corrected chi connectivity index (χ1v) is 14.0. The Morgan fingerprint density at radius 1 is 1.12 bits per heavy atom. The van der Waals surface area contributed by atoms with Gasteiger partial charge in [-0.2, -0.15) is 5.21 Å². The molecule has 0 unspecified atom stereocenters. The number of aryl methyl sites for hydroxylation is 1. The van der Waals surface area contributed by atoms with Crippen LogP contribution < -0.4 is 5.32 Å². The quantitative estimate of drug-likeness (QED) is 0.171. The lowest BCUT2D eigenvalue weighted by Gasteiger charge is -2.17. The van der Waals surface area contributed by atoms with Crippen molar-refractivity contribution >= 4 is 23.5 Å². The van der Waals surface area contributed by atoms with Gasteiger partial charge in [-0.15, -0.1) is 10.2 Å². The molecule has 0 spiro atoms. The number of hydrogen-bond donors (Lipinski definition) is 3. The Bertz CT molecular complexity index is 1440. The van der Waals surface area contributed by atoms with E-state index in [1.54, 1.807) is 7.05 Å². The molecule has 0 fully saturated rings. The molecule has 0 saturated carbocycles. The van der Waals surface area contributed by atoms with Crippen LogP contribution in [0.3, 0.4) is 0 Å². The van der Waals surface area contributed by atoms with Crippen molar-refractivity contribution in [1.82, 2.24) is 35.5 Å². The molecule has 0 aliphatic carbocycles. The number of likely N-dealkylation sites (N-methyl/N-ethyl adjacent to an activating group) is 1. The lowest BCUT2D eigenvalue weighted by Crippen LogP contribution is -2.35. The molecule has 0 radical (unpaired) electrons. The van der Waals surface area contributed by atoms with E-state index in [1.165, 1.54) is 0 Å². The Labute approximate surface area is 243 Å². The van der Waals surface area contributed by atoms with Gasteiger partial charge in [-0.3, -0.25) is 9.59 Å². The Balaban J connectivity index is 1.52. The number of carboxylic acid groups (broad SMARTS) is 1. The number of unbranched alkanes of at least 4 members (excludes halogenated alkanes) is 1. The van der Waals surface area contributed by atoms with Gasteiger partial charge in [0.15, 0.2) is 5.15 Å². The first-order chi connectivity index (χ1) is 19.9. The van der Waals surface area contributed by atoms with Crippen LogP contribution in [0.2, 0.25) is 5.15 Å². The molecule has 4 rings (SSSR count). The maximum Gasteiger partial charge on any atom is 0.323 e. The zero-order valence-electron chi connectivity index (χ0n) is 23.1. The van der Waals surface area contributed by atoms with Crippen molar-refractivity contribution in [2.75, 3.05) is 7.05 Å². The fourth-order valence-corrected chi connectivity index (χ4v) is 4.86. The molecule has 12 heteroatoms. The normalized spacial score (nSPS) is 11.9. The highest BCUT2D eigenvalue weighted by Crippen LogP contribution is 2.30. The van der Waals surface area contributed by atoms with Gasteiger partial charge in [-0.25, -0.2) is 4.98 Å². The minimum atomic E-state index is -0.896. The van der Waals surface area contributed by atoms with Crippen LogP contribution in [0.4, 0.5) is 0 Å². The van der Waals surface area contributed by atoms with Crippen LogP contribution in [0.1, 0.15) is 56.1 Å². The highest BCUT2D eigenvalue weighted by atomic mass is 35.5. The minimum Gasteiger partial charge on any atom is -0.481 e. The first kappa shape index (κ1) is 29.9. The monoisotopic (exact) mass is 579 g/mol. The van der Waals surface area contributed by atoms with Gasteiger partial charge in [0.2, 0.25) is 5.82 Å². The summed E-state index contributed by atoms with van der Waals surface area (Å²) in [6.07, 6.45) is 3.41. The summed E-state index contributed by atoms with van der Waals surface area (Å²) in [6.45, 7) is 2.58. The molecule has 0 aliphatic rings. The van der Waals surface area contributed by atoms with Gasteiger partial charge < -0.3 is 19.7 Å². The number of benzene rings is 2. The number of H-pyrrole nitrogens is 1. The smallest absolute Gasteiger partial charge is 0.323 e. The van der Waals surface area contributed by atoms with Crippen LogP contribution >= 0.6 is 11.6 Å². The van der Waals surface area contributed by atoms with Crippen LogP contribution in [0.15, 0.2) is 48.5 Å². The average Bonchev–Trinajstić information content (AvgIpc) is 3.61. The molecule has 41 heavy (non-hydrogen) atoms. The number of ether oxygens (including phenoxy) is 1. The Morgan fingerprint density at radius 2 is 1.88 bits per heavy atom. The topological polar surface area (TPSA) is 148 Å². The molecule has 2 aromatic carbocycles. The third kappa shape index (κ3) is 7.77. The van der Waals surface area contributed by atoms with Crippen LogP contribution in [0.25, 0.3) is 22.5 Å². The molecule has 2 aromatic heterocycles. The number of nitrogens with one attached hydrogen (secondary N) is 2. The summed E-state index contributed by atoms with van der Waals surface area (Å²) in [4.78, 5) is 28.2. The van der Waals surface area contributed by atoms with Crippen LogP contribution in [-0.4, -0.2) is 60.3 Å². The van der Waals surface area contributed by atoms with Crippen molar-refractivity contribution in [2.45, 2.75) is 64.6 Å². The van der Waals surface area contributed by atoms with Gasteiger partial charge in [0.1, 0.15) is 18.5 Å². The standard InChI is InChI=1S/C29H34ClN7O4/c1-3-4-11-25-32-27(30)24(18-41-29(40)23(31-2)10-7-12-26(38)39)37(25)17-19-13-15-20(16-14-19)21-8-5-6-9-22(21)28-33-35-36-34-28/h5-6,8-9,13-16,23,31H,3-4,7,10-12,17-18H2,1-2H3,(H,38,39)(H,33,34,35,36)/t23-/m0/s1. The summed E-state index contributed by atoms with van der Waals surface area (Å²) in [5.41, 5.74) is 4.54. The number of nitrogens with zero attached hydrogens (tertiary/aromatic N) is 5. The summed E-state index contributed by atoms with van der Waals surface area (Å²) in [5, 5.41) is 26.5. The maximum absolute atomic E-state index is 12.7. The second-order valence-corrected chi connectivity index (χ2v) is 10.0. The van der Waals surface area contributed by atoms with Gasteiger partial charge in [0.25, 0.3) is 0 Å². The van der Waals surface area contributed by atoms with E-state index in [4.69, 9.17) is 21.4 Å². The van der Waals surface area contributed by atoms with E-state index in [0.29, 0.717) is 36.1 Å². The number of carboxylic acids is 1. The lowest BCUT2D eigenvalue weighted by atomic mass is 9.98. The zero-order chi connectivity index (χ0) is 29.2. The zero-order valence-corrected chi connectivity index (χ0v) is 23.9. The predicted molar refractivity (Wildman–Crippen MR) is 154 cm³/mol. The van der Waals surface area contributed by atoms with Crippen molar-refractivity contribution in [3.8, 4) is 22.5 Å². The number of aromatic nitrogens is 6. The summed E-state index contributed by atoms with van der Waals surface area (Å²) < 4.78 is 7.65. The molecule has 11 nitrogen and oxygen atoms in total. The predicted octanol–water partition coefficient (Wildman–Crippen LogP) is 4.66. The molecule has 3 N–H and O–H groups in total. The van der Waals surface area contributed by atoms with Crippen LogP contribution in [-0.2, 0) is 33.9 Å². The number of carbonyl (C=O) groups excluding carboxylic acids is 1. The van der Waals surface area contributed by atoms with Crippen molar-refractivity contribution in [3.05, 3.63) is 70.8 Å². The molecule has 0 amide bonds. The van der Waals surface area contributed by atoms with E-state index in [-0.39, 0.29) is 13.0 Å². The van der Waals surface area contributed by atoms with Crippen molar-refractivity contribution in [1.29, 1.82) is 0 Å². The molecule has 0 saturated heterocycles. The van der Waals surface area contributed by atoms with Gasteiger partial charge in [-0.05, 0) is 48.2 Å². The van der Waals surface area contributed by atoms with E-state index in [0.717, 1.165) is 47.3 Å². The molecule has 2 heterocycles. The van der Waals surface area contributed by atoms with E-state index in [9.17, 15) is 9.59 Å². The second kappa shape index (κ2) is 14.5. The van der Waals surface area contributed by atoms with Gasteiger partial charge in [0.05, 0.1) is 5.69 Å². The van der Waals surface area contributed by atoms with Crippen molar-refractivity contribution < 1.29 is 19.4 Å². The summed E-state index contributed by atoms with van der Waals surface area (Å²) in [7, 11) is 1.65. The van der Waals surface area contributed by atoms with Crippen LogP contribution in [0, 0.1) is 0 Å². The number of hydrogen-bond acceptors (Lipinski definition) is 8. The van der Waals surface area contributed by atoms with Crippen LogP contribution in [0.5, 0.6) is 0 Å². The molecule has 1 atom stereocenters. The number of carbonyl (C=O) groups is 2. The molecular weight excluding hydrogens is 546 g/mol. The van der Waals surface area contributed by atoms with Crippen molar-refractivity contribution in [3.63, 3.8) is 0 Å². The number of aromatic amines is 1. The highest BCUT2D eigenvalue weighted by molar-refractivity contribution is 6.30. The highest BCUT2D eigenvalue weighted by Gasteiger charge is 2.22. The summed E-state index contributed by atoms with van der Waals surface area (Å²) >= 11 is 6.56. The minimum absolute atomic E-state index is 0.00761. The lowest BCUT2D eigenvalue weighted by molar-refractivity contribution is -0.148. The number of aliphatic carboxylic acids is 1. The number of tetrazole rings is 1. The molecule has 0 aliphatic heterocycles. The van der Waals surface area contributed by atoms with Gasteiger partial charge >= 0.3 is 11.9 Å². The number of rotatable bonds is 15. The van der Waals surface area contributed by atoms with E-state index in [1.807, 2.05) is 41.0 Å². The Morgan fingerprint density at radius 3 is 2.54 bits per heavy atom. The van der Waals surface area contributed by atoms with Crippen molar-refractivity contribution in [2.24, 2.45) is 0 Å². The van der Waals surface area contributed by atoms with E-state index < -0.39 is 18.0 Å². The third-order valence-electron chi connectivity index (χ3n) is 6.84. The molecule has 4 aromatic rings. The summed E-state index contributed by atoms with van der Waals surface area (Å²) in [6, 6.07) is 15.5. The average molecular weight is 580 g/mol. The Kier molecular flexibility index (Phi) is 10.6. The maximum atomic E-state index is 12.7. The fraction of sp³-hybridized carbons (Fsp3) is 0.379. The van der Waals surface area contributed by atoms with Gasteiger partial charge in [0, 0.05) is 24.9 Å². The number of esters is 1. The first-order valence-electron chi connectivity index (χ1n) is 13.6. The van der Waals surface area contributed by atoms with Gasteiger partial charge in [-0.1, -0.05) is 73.5 Å². The fourth-order valence-electron chi connectivity index (χ4n) is 4.61. The largest absolute Gasteiger partial charge is 0.481 e. The second-order valence-electron chi connectivity index (χ2n) is 9.67. The number of halogens is 1. The molecule has 0 bridgehead atoms. The molecule has 216 valence electrons. The third-order valence-corrected chi connectivity index (χ3v) is 7.15.